The van der Waals surface area contributed by atoms with Gasteiger partial charge in [0.1, 0.15) is 0 Å². The van der Waals surface area contributed by atoms with E-state index in [0.29, 0.717) is 19.0 Å². The Morgan fingerprint density at radius 3 is 1.78 bits per heavy atom. The highest BCUT2D eigenvalue weighted by Crippen LogP contribution is 2.34. The molecule has 1 fully saturated rings. The SMILES string of the molecule is CC.CC(C)C.CC1=NN=C(c2ccc(CN(C)Cc3ccccc3)cc2)C2CCCCCCC12.C[18F]. The smallest absolute Gasteiger partial charge is 0.0785 e. The van der Waals surface area contributed by atoms with E-state index in [2.05, 4.69) is 104 Å². The molecular weight excluding hydrogens is 456 g/mol. The third kappa shape index (κ3) is 11.7. The maximum atomic E-state index is 9.50. The Labute approximate surface area is 227 Å². The lowest BCUT2D eigenvalue weighted by molar-refractivity contribution is 0.319. The molecule has 0 spiro atoms. The van der Waals surface area contributed by atoms with E-state index >= 15 is 0 Å². The van der Waals surface area contributed by atoms with Crippen molar-refractivity contribution < 1.29 is 4.39 Å². The zero-order valence-electron chi connectivity index (χ0n) is 24.8. The second-order valence-electron chi connectivity index (χ2n) is 10.5. The van der Waals surface area contributed by atoms with Gasteiger partial charge in [-0.2, -0.15) is 10.2 Å². The van der Waals surface area contributed by atoms with Gasteiger partial charge in [-0.1, -0.05) is 115 Å². The first-order valence-corrected chi connectivity index (χ1v) is 14.3. The number of nitrogens with zero attached hydrogens (tertiary/aromatic N) is 3. The number of hydrogen-bond acceptors (Lipinski definition) is 3. The monoisotopic (exact) mass is 508 g/mol. The summed E-state index contributed by atoms with van der Waals surface area (Å²) in [6.45, 7) is 14.6. The van der Waals surface area contributed by atoms with E-state index in [1.54, 1.807) is 0 Å². The summed E-state index contributed by atoms with van der Waals surface area (Å²) in [7, 11) is 2.68. The fourth-order valence-electron chi connectivity index (χ4n) is 4.91. The van der Waals surface area contributed by atoms with Crippen molar-refractivity contribution in [3.05, 3.63) is 71.3 Å². The molecule has 2 aromatic rings. The molecule has 0 N–H and O–H groups in total. The van der Waals surface area contributed by atoms with Crippen LogP contribution in [0.5, 0.6) is 0 Å². The van der Waals surface area contributed by atoms with Crippen molar-refractivity contribution in [2.75, 3.05) is 14.2 Å². The first-order valence-electron chi connectivity index (χ1n) is 14.3. The molecule has 4 rings (SSSR count). The molecule has 0 saturated heterocycles. The molecule has 3 nitrogen and oxygen atoms in total. The van der Waals surface area contributed by atoms with Crippen molar-refractivity contribution >= 4 is 11.4 Å². The van der Waals surface area contributed by atoms with Gasteiger partial charge in [-0.3, -0.25) is 9.29 Å². The topological polar surface area (TPSA) is 28.0 Å². The van der Waals surface area contributed by atoms with Crippen LogP contribution < -0.4 is 0 Å². The highest BCUT2D eigenvalue weighted by molar-refractivity contribution is 6.06. The average Bonchev–Trinajstić information content (AvgIpc) is 2.88. The largest absolute Gasteiger partial charge is 0.298 e. The maximum absolute atomic E-state index is 9.50. The zero-order chi connectivity index (χ0) is 27.6. The molecule has 37 heavy (non-hydrogen) atoms. The number of fused-ring (bicyclic) bond motifs is 1. The lowest BCUT2D eigenvalue weighted by Crippen LogP contribution is -2.33. The van der Waals surface area contributed by atoms with Crippen molar-refractivity contribution in [1.29, 1.82) is 0 Å². The second kappa shape index (κ2) is 18.8. The van der Waals surface area contributed by atoms with Gasteiger partial charge in [0, 0.05) is 30.6 Å². The van der Waals surface area contributed by atoms with Crippen LogP contribution in [0.1, 0.15) is 96.8 Å². The molecule has 2 aromatic carbocycles. The minimum absolute atomic E-state index is 0.500. The quantitative estimate of drug-likeness (QED) is 0.395. The minimum Gasteiger partial charge on any atom is -0.298 e. The van der Waals surface area contributed by atoms with Crippen LogP contribution in [0, 0.1) is 17.8 Å². The Morgan fingerprint density at radius 1 is 0.757 bits per heavy atom. The predicted octanol–water partition coefficient (Wildman–Crippen LogP) is 9.36. The third-order valence-electron chi connectivity index (χ3n) is 6.47. The number of halogens is 1. The van der Waals surface area contributed by atoms with E-state index in [0.717, 1.165) is 19.0 Å². The van der Waals surface area contributed by atoms with Gasteiger partial charge < -0.3 is 0 Å². The molecule has 0 bridgehead atoms. The van der Waals surface area contributed by atoms with Crippen molar-refractivity contribution in [1.82, 2.24) is 4.90 Å². The van der Waals surface area contributed by atoms with E-state index in [-0.39, 0.29) is 0 Å². The Morgan fingerprint density at radius 2 is 1.24 bits per heavy atom. The number of rotatable bonds is 5. The first kappa shape index (κ1) is 32.7. The Hall–Kier alpha value is -2.33. The Bertz CT molecular complexity index is 900. The van der Waals surface area contributed by atoms with Gasteiger partial charge in [0.15, 0.2) is 0 Å². The summed E-state index contributed by atoms with van der Waals surface area (Å²) >= 11 is 0. The van der Waals surface area contributed by atoms with Crippen LogP contribution in [0.25, 0.3) is 0 Å². The van der Waals surface area contributed by atoms with Gasteiger partial charge in [0.25, 0.3) is 0 Å². The molecule has 0 amide bonds. The number of benzene rings is 2. The number of alkyl halides is 1. The summed E-state index contributed by atoms with van der Waals surface area (Å²) in [4.78, 5) is 2.36. The molecule has 2 atom stereocenters. The Kier molecular flexibility index (Phi) is 16.7. The number of hydrogen-bond donors (Lipinski definition) is 0. The van der Waals surface area contributed by atoms with E-state index in [1.807, 2.05) is 13.8 Å². The molecular formula is C33H52FN3. The lowest BCUT2D eigenvalue weighted by atomic mass is 9.74. The molecule has 0 aromatic heterocycles. The third-order valence-corrected chi connectivity index (χ3v) is 6.47. The normalized spacial score (nSPS) is 18.8. The van der Waals surface area contributed by atoms with Crippen LogP contribution >= 0.6 is 0 Å². The van der Waals surface area contributed by atoms with Crippen molar-refractivity contribution in [2.24, 2.45) is 28.0 Å². The summed E-state index contributed by atoms with van der Waals surface area (Å²) < 4.78 is 9.50. The van der Waals surface area contributed by atoms with Gasteiger partial charge in [-0.15, -0.1) is 0 Å². The molecule has 1 aliphatic heterocycles. The van der Waals surface area contributed by atoms with Crippen LogP contribution in [-0.4, -0.2) is 30.5 Å². The van der Waals surface area contributed by atoms with Crippen molar-refractivity contribution in [2.45, 2.75) is 93.2 Å². The van der Waals surface area contributed by atoms with E-state index < -0.39 is 0 Å². The molecule has 1 aliphatic carbocycles. The summed E-state index contributed by atoms with van der Waals surface area (Å²) in [5.41, 5.74) is 6.40. The summed E-state index contributed by atoms with van der Waals surface area (Å²) in [6.07, 6.45) is 7.89. The van der Waals surface area contributed by atoms with Gasteiger partial charge in [0.05, 0.1) is 12.9 Å². The van der Waals surface area contributed by atoms with E-state index in [4.69, 9.17) is 0 Å². The molecule has 1 saturated carbocycles. The highest BCUT2D eigenvalue weighted by Gasteiger charge is 2.32. The van der Waals surface area contributed by atoms with Crippen molar-refractivity contribution in [3.63, 3.8) is 0 Å². The van der Waals surface area contributed by atoms with Crippen LogP contribution in [0.4, 0.5) is 4.39 Å². The van der Waals surface area contributed by atoms with Crippen LogP contribution in [0.15, 0.2) is 64.8 Å². The van der Waals surface area contributed by atoms with Gasteiger partial charge in [0.2, 0.25) is 0 Å². The summed E-state index contributed by atoms with van der Waals surface area (Å²) in [6, 6.07) is 19.7. The molecule has 1 heterocycles. The fraction of sp³-hybridized carbons (Fsp3) is 0.576. The molecule has 206 valence electrons. The van der Waals surface area contributed by atoms with E-state index in [1.165, 1.54) is 66.6 Å². The van der Waals surface area contributed by atoms with E-state index in [9.17, 15) is 4.39 Å². The molecule has 2 aliphatic rings. The molecule has 2 unspecified atom stereocenters. The fourth-order valence-corrected chi connectivity index (χ4v) is 4.91. The first-order chi connectivity index (χ1) is 17.9. The van der Waals surface area contributed by atoms with Crippen LogP contribution in [-0.2, 0) is 13.1 Å². The van der Waals surface area contributed by atoms with Crippen molar-refractivity contribution in [3.8, 4) is 0 Å². The van der Waals surface area contributed by atoms with Gasteiger partial charge in [-0.05, 0) is 49.4 Å². The standard InChI is InChI=1S/C26H33N3.C4H10.C2H6.CH3F/c1-20-24-12-8-3-4-9-13-25(24)26(28-27-20)23-16-14-22(15-17-23)19-29(2)18-21-10-6-5-7-11-21;1-4(2)3;2*1-2/h5-7,10-11,14-17,24-25H,3-4,8-9,12-13,18-19H2,1-2H3;4H,1-3H3;1-2H3;1H3/i;;;2-1. The van der Waals surface area contributed by atoms with Crippen LogP contribution in [0.3, 0.4) is 0 Å². The summed E-state index contributed by atoms with van der Waals surface area (Å²) in [5, 5.41) is 9.24. The zero-order valence-corrected chi connectivity index (χ0v) is 24.8. The maximum Gasteiger partial charge on any atom is 0.0785 e. The minimum atomic E-state index is 0.500. The molecule has 0 radical (unpaired) electrons. The lowest BCUT2D eigenvalue weighted by Gasteiger charge is -2.32. The predicted molar refractivity (Wildman–Crippen MR) is 161 cm³/mol. The van der Waals surface area contributed by atoms with Crippen LogP contribution in [0.2, 0.25) is 0 Å². The van der Waals surface area contributed by atoms with Gasteiger partial charge >= 0.3 is 0 Å². The average molecular weight is 509 g/mol. The van der Waals surface area contributed by atoms with Gasteiger partial charge in [-0.25, -0.2) is 0 Å². The summed E-state index contributed by atoms with van der Waals surface area (Å²) in [5.74, 6) is 1.96. The Balaban J connectivity index is 0.000000767. The highest BCUT2D eigenvalue weighted by atomic mass is 18.2. The molecule has 4 heteroatoms. The second-order valence-corrected chi connectivity index (χ2v) is 10.5.